The van der Waals surface area contributed by atoms with Gasteiger partial charge in [-0.1, -0.05) is 0 Å². The molecule has 3 aliphatic rings. The Morgan fingerprint density at radius 1 is 1.10 bits per heavy atom. The number of hydrogen-bond donors (Lipinski definition) is 0. The first-order valence-corrected chi connectivity index (χ1v) is 11.0. The van der Waals surface area contributed by atoms with E-state index in [2.05, 4.69) is 23.7 Å². The van der Waals surface area contributed by atoms with Gasteiger partial charge < -0.3 is 0 Å². The van der Waals surface area contributed by atoms with Gasteiger partial charge in [-0.25, -0.2) is 0 Å². The molecule has 2 fully saturated rings. The third-order valence-corrected chi connectivity index (χ3v) is 13.8. The molecular weight excluding hydrogens is 181 g/mol. The summed E-state index contributed by atoms with van der Waals surface area (Å²) in [4.78, 5) is 0. The van der Waals surface area contributed by atoms with Crippen molar-refractivity contribution in [2.45, 2.75) is 27.4 Å². The molecule has 1 aliphatic heterocycles. The Hall–Kier alpha value is 0.283. The van der Waals surface area contributed by atoms with Crippen molar-refractivity contribution in [1.29, 1.82) is 0 Å². The fraction of sp³-hybridized carbons (Fsp3) is 0.778. The van der Waals surface area contributed by atoms with Crippen LogP contribution in [0.3, 0.4) is 0 Å². The zero-order valence-corrected chi connectivity index (χ0v) is 8.77. The molecule has 0 aromatic rings. The van der Waals surface area contributed by atoms with E-state index in [1.807, 2.05) is 0 Å². The average Bonchev–Trinajstić information content (AvgIpc) is 2.37. The van der Waals surface area contributed by atoms with Gasteiger partial charge in [0.15, 0.2) is 0 Å². The van der Waals surface area contributed by atoms with Gasteiger partial charge in [0, 0.05) is 0 Å². The SMILES string of the molecule is [CH3][Ge]1([CH3])[CH]2C3C=CC(C3)[CH]21. The fourth-order valence-electron chi connectivity index (χ4n) is 3.64. The number of fused-ring (bicyclic) bond motifs is 5. The molecule has 0 radical (unpaired) electrons. The summed E-state index contributed by atoms with van der Waals surface area (Å²) in [6.07, 6.45) is 6.54. The first-order chi connectivity index (χ1) is 4.71. The van der Waals surface area contributed by atoms with Crippen LogP contribution < -0.4 is 0 Å². The molecule has 4 unspecified atom stereocenters. The van der Waals surface area contributed by atoms with Gasteiger partial charge in [0.2, 0.25) is 0 Å². The van der Waals surface area contributed by atoms with Crippen LogP contribution in [0.4, 0.5) is 0 Å². The van der Waals surface area contributed by atoms with E-state index >= 15 is 0 Å². The zero-order valence-electron chi connectivity index (χ0n) is 6.67. The van der Waals surface area contributed by atoms with Crippen molar-refractivity contribution in [3.05, 3.63) is 12.2 Å². The van der Waals surface area contributed by atoms with Crippen molar-refractivity contribution in [3.8, 4) is 0 Å². The van der Waals surface area contributed by atoms with Gasteiger partial charge in [0.25, 0.3) is 0 Å². The van der Waals surface area contributed by atoms with Crippen LogP contribution in [0.5, 0.6) is 0 Å². The van der Waals surface area contributed by atoms with Crippen molar-refractivity contribution in [3.63, 3.8) is 0 Å². The van der Waals surface area contributed by atoms with E-state index in [0.717, 1.165) is 11.8 Å². The summed E-state index contributed by atoms with van der Waals surface area (Å²) in [5.41, 5.74) is 0. The Kier molecular flexibility index (Phi) is 0.826. The molecule has 1 saturated carbocycles. The molecule has 0 nitrogen and oxygen atoms in total. The number of allylic oxidation sites excluding steroid dienone is 2. The van der Waals surface area contributed by atoms with Crippen LogP contribution in [0, 0.1) is 11.8 Å². The van der Waals surface area contributed by atoms with Crippen molar-refractivity contribution < 1.29 is 0 Å². The Labute approximate surface area is 65.1 Å². The van der Waals surface area contributed by atoms with Crippen molar-refractivity contribution in [2.24, 2.45) is 11.8 Å². The Morgan fingerprint density at radius 3 is 2.00 bits per heavy atom. The van der Waals surface area contributed by atoms with Crippen LogP contribution in [0.15, 0.2) is 12.2 Å². The molecule has 0 amide bonds. The summed E-state index contributed by atoms with van der Waals surface area (Å²) in [6, 6.07) is 0. The van der Waals surface area contributed by atoms with Gasteiger partial charge in [-0.05, 0) is 0 Å². The monoisotopic (exact) mass is 196 g/mol. The second-order valence-electron chi connectivity index (χ2n) is 4.82. The summed E-state index contributed by atoms with van der Waals surface area (Å²) >= 11 is -1.10. The Bertz CT molecular complexity index is 197. The second kappa shape index (κ2) is 1.41. The van der Waals surface area contributed by atoms with Crippen molar-refractivity contribution >= 4 is 13.3 Å². The maximum atomic E-state index is 2.63. The minimum atomic E-state index is -1.10. The van der Waals surface area contributed by atoms with E-state index in [4.69, 9.17) is 0 Å². The maximum absolute atomic E-state index is 2.63. The van der Waals surface area contributed by atoms with Crippen LogP contribution in [-0.2, 0) is 0 Å². The third kappa shape index (κ3) is 0.449. The average molecular weight is 195 g/mol. The Morgan fingerprint density at radius 2 is 1.60 bits per heavy atom. The fourth-order valence-corrected chi connectivity index (χ4v) is 17.0. The van der Waals surface area contributed by atoms with Gasteiger partial charge in [0.1, 0.15) is 0 Å². The molecule has 0 aromatic heterocycles. The van der Waals surface area contributed by atoms with E-state index in [9.17, 15) is 0 Å². The summed E-state index contributed by atoms with van der Waals surface area (Å²) in [5, 5.41) is 0. The van der Waals surface area contributed by atoms with Crippen molar-refractivity contribution in [1.82, 2.24) is 0 Å². The standard InChI is InChI=1S/C9H14Ge/c1-10(2)8-6-3-4-7(5-6)9(8)10/h3-4,6-9H,5H2,1-2H3. The molecule has 2 bridgehead atoms. The normalized spacial score (nSPS) is 59.0. The molecule has 1 heteroatoms. The van der Waals surface area contributed by atoms with E-state index in [1.54, 1.807) is 0 Å². The topological polar surface area (TPSA) is 0 Å². The molecule has 10 heavy (non-hydrogen) atoms. The Balaban J connectivity index is 2.02. The minimum absolute atomic E-state index is 1.06. The van der Waals surface area contributed by atoms with E-state index in [0.29, 0.717) is 0 Å². The van der Waals surface area contributed by atoms with E-state index in [-0.39, 0.29) is 0 Å². The molecule has 3 rings (SSSR count). The molecule has 0 spiro atoms. The third-order valence-electron chi connectivity index (χ3n) is 4.07. The first kappa shape index (κ1) is 5.87. The molecule has 0 N–H and O–H groups in total. The number of rotatable bonds is 0. The van der Waals surface area contributed by atoms with Crippen LogP contribution in [-0.4, -0.2) is 13.3 Å². The predicted molar refractivity (Wildman–Crippen MR) is 45.7 cm³/mol. The van der Waals surface area contributed by atoms with Crippen LogP contribution >= 0.6 is 0 Å². The van der Waals surface area contributed by atoms with Gasteiger partial charge >= 0.3 is 64.7 Å². The van der Waals surface area contributed by atoms with E-state index < -0.39 is 13.3 Å². The van der Waals surface area contributed by atoms with Crippen LogP contribution in [0.2, 0.25) is 21.0 Å². The zero-order chi connectivity index (χ0) is 6.93. The molecular formula is C9H14Ge. The van der Waals surface area contributed by atoms with Crippen molar-refractivity contribution in [2.75, 3.05) is 0 Å². The summed E-state index contributed by atoms with van der Waals surface area (Å²) in [5.74, 6) is 7.37. The molecule has 4 atom stereocenters. The molecule has 2 aliphatic carbocycles. The predicted octanol–water partition coefficient (Wildman–Crippen LogP) is 2.65. The second-order valence-corrected chi connectivity index (χ2v) is 15.3. The van der Waals surface area contributed by atoms with Gasteiger partial charge in [-0.3, -0.25) is 0 Å². The van der Waals surface area contributed by atoms with Crippen LogP contribution in [0.25, 0.3) is 0 Å². The first-order valence-electron chi connectivity index (χ1n) is 4.39. The molecule has 0 aromatic carbocycles. The quantitative estimate of drug-likeness (QED) is 0.411. The molecule has 1 saturated heterocycles. The molecule has 1 heterocycles. The summed E-state index contributed by atoms with van der Waals surface area (Å²) < 4.78 is 2.52. The van der Waals surface area contributed by atoms with E-state index in [1.165, 1.54) is 15.9 Å². The van der Waals surface area contributed by atoms with Gasteiger partial charge in [0.05, 0.1) is 0 Å². The molecule has 54 valence electrons. The van der Waals surface area contributed by atoms with Gasteiger partial charge in [-0.15, -0.1) is 0 Å². The summed E-state index contributed by atoms with van der Waals surface area (Å²) in [6.45, 7) is 0. The van der Waals surface area contributed by atoms with Crippen LogP contribution in [0.1, 0.15) is 6.42 Å². The van der Waals surface area contributed by atoms with Gasteiger partial charge in [-0.2, -0.15) is 0 Å². The summed E-state index contributed by atoms with van der Waals surface area (Å²) in [7, 11) is 0. The number of hydrogen-bond acceptors (Lipinski definition) is 0.